The molecule has 2 atom stereocenters. The van der Waals surface area contributed by atoms with Gasteiger partial charge in [-0.1, -0.05) is 13.8 Å². The molecule has 0 bridgehead atoms. The molecule has 0 aromatic rings. The maximum atomic E-state index is 13.5. The summed E-state index contributed by atoms with van der Waals surface area (Å²) < 4.78 is 93.7. The lowest BCUT2D eigenvalue weighted by atomic mass is 9.69. The van der Waals surface area contributed by atoms with E-state index in [1.54, 1.807) is 0 Å². The van der Waals surface area contributed by atoms with Gasteiger partial charge >= 0.3 is 30.0 Å². The Labute approximate surface area is 172 Å². The standard InChI is InChI=1S/C17H21F7N2O5/c1-6-14(10(27)25(4)13(30)26(5)11(14)28)8(2)7-9(3)31-12(29)15(18,19)16(20,21)17(22,23)24/h8-9H,6-7H2,1-5H3. The number of amides is 4. The Hall–Kier alpha value is -2.41. The molecule has 0 N–H and O–H groups in total. The van der Waals surface area contributed by atoms with Crippen molar-refractivity contribution in [3.05, 3.63) is 0 Å². The van der Waals surface area contributed by atoms with E-state index in [0.717, 1.165) is 21.0 Å². The molecule has 14 heteroatoms. The first kappa shape index (κ1) is 26.6. The normalized spacial score (nSPS) is 20.1. The molecule has 4 amide bonds. The number of esters is 1. The van der Waals surface area contributed by atoms with Gasteiger partial charge in [-0.3, -0.25) is 19.4 Å². The zero-order valence-electron chi connectivity index (χ0n) is 17.2. The van der Waals surface area contributed by atoms with Gasteiger partial charge in [-0.05, 0) is 25.7 Å². The molecule has 0 aromatic carbocycles. The van der Waals surface area contributed by atoms with E-state index >= 15 is 0 Å². The Bertz CT molecular complexity index is 744. The van der Waals surface area contributed by atoms with Crippen molar-refractivity contribution >= 4 is 23.8 Å². The largest absolute Gasteiger partial charge is 0.460 e. The van der Waals surface area contributed by atoms with Gasteiger partial charge in [0, 0.05) is 14.1 Å². The smallest absolute Gasteiger partial charge is 0.458 e. The van der Waals surface area contributed by atoms with Crippen LogP contribution in [0.4, 0.5) is 35.5 Å². The van der Waals surface area contributed by atoms with Crippen molar-refractivity contribution in [1.82, 2.24) is 9.80 Å². The lowest BCUT2D eigenvalue weighted by Crippen LogP contribution is -2.65. The van der Waals surface area contributed by atoms with Crippen LogP contribution in [0.1, 0.15) is 33.6 Å². The van der Waals surface area contributed by atoms with Crippen LogP contribution < -0.4 is 0 Å². The van der Waals surface area contributed by atoms with E-state index in [-0.39, 0.29) is 6.42 Å². The Morgan fingerprint density at radius 2 is 1.39 bits per heavy atom. The second-order valence-electron chi connectivity index (χ2n) is 7.34. The fraction of sp³-hybridized carbons (Fsp3) is 0.765. The summed E-state index contributed by atoms with van der Waals surface area (Å²) in [4.78, 5) is 50.0. The molecule has 1 fully saturated rings. The Kier molecular flexibility index (Phi) is 7.10. The van der Waals surface area contributed by atoms with Crippen LogP contribution in [0, 0.1) is 11.3 Å². The third-order valence-corrected chi connectivity index (χ3v) is 5.35. The molecule has 0 spiro atoms. The molecular formula is C17H21F7N2O5. The van der Waals surface area contributed by atoms with Gasteiger partial charge in [0.15, 0.2) is 0 Å². The van der Waals surface area contributed by atoms with E-state index < -0.39 is 65.7 Å². The van der Waals surface area contributed by atoms with Crippen LogP contribution in [0.3, 0.4) is 0 Å². The van der Waals surface area contributed by atoms with Crippen LogP contribution in [0.5, 0.6) is 0 Å². The third kappa shape index (κ3) is 4.07. The molecule has 0 saturated carbocycles. The molecule has 1 heterocycles. The number of barbiturate groups is 1. The first-order chi connectivity index (χ1) is 13.8. The first-order valence-electron chi connectivity index (χ1n) is 8.94. The van der Waals surface area contributed by atoms with Crippen LogP contribution in [-0.4, -0.2) is 71.8 Å². The lowest BCUT2D eigenvalue weighted by Gasteiger charge is -2.44. The quantitative estimate of drug-likeness (QED) is 0.327. The van der Waals surface area contributed by atoms with Gasteiger partial charge in [-0.15, -0.1) is 0 Å². The van der Waals surface area contributed by atoms with Crippen LogP contribution in [-0.2, 0) is 19.1 Å². The maximum absolute atomic E-state index is 13.5. The number of nitrogens with zero attached hydrogens (tertiary/aromatic N) is 2. The lowest BCUT2D eigenvalue weighted by molar-refractivity contribution is -0.349. The van der Waals surface area contributed by atoms with Gasteiger partial charge in [0.1, 0.15) is 5.41 Å². The van der Waals surface area contributed by atoms with Crippen molar-refractivity contribution in [3.63, 3.8) is 0 Å². The molecule has 0 aromatic heterocycles. The Morgan fingerprint density at radius 3 is 1.74 bits per heavy atom. The number of carbonyl (C=O) groups excluding carboxylic acids is 4. The SMILES string of the molecule is CCC1(C(C)CC(C)OC(=O)C(F)(F)C(F)(F)C(F)(F)F)C(=O)N(C)C(=O)N(C)C1=O. The van der Waals surface area contributed by atoms with E-state index in [4.69, 9.17) is 0 Å². The summed E-state index contributed by atoms with van der Waals surface area (Å²) in [5.74, 6) is -18.9. The monoisotopic (exact) mass is 466 g/mol. The number of carbonyl (C=O) groups is 4. The summed E-state index contributed by atoms with van der Waals surface area (Å²) in [5.41, 5.74) is -1.86. The summed E-state index contributed by atoms with van der Waals surface area (Å²) in [6.07, 6.45) is -9.06. The fourth-order valence-electron chi connectivity index (χ4n) is 3.47. The summed E-state index contributed by atoms with van der Waals surface area (Å²) >= 11 is 0. The topological polar surface area (TPSA) is 84.0 Å². The highest BCUT2D eigenvalue weighted by Crippen LogP contribution is 2.47. The van der Waals surface area contributed by atoms with Gasteiger partial charge < -0.3 is 4.74 Å². The number of urea groups is 1. The molecule has 1 saturated heterocycles. The van der Waals surface area contributed by atoms with Crippen molar-refractivity contribution in [2.24, 2.45) is 11.3 Å². The molecule has 1 aliphatic heterocycles. The molecule has 1 aliphatic rings. The summed E-state index contributed by atoms with van der Waals surface area (Å²) in [6.45, 7) is 3.65. The van der Waals surface area contributed by atoms with E-state index in [2.05, 4.69) is 4.74 Å². The minimum atomic E-state index is -6.71. The molecule has 7 nitrogen and oxygen atoms in total. The summed E-state index contributed by atoms with van der Waals surface area (Å²) in [6, 6.07) is -0.917. The van der Waals surface area contributed by atoms with Crippen molar-refractivity contribution in [2.75, 3.05) is 14.1 Å². The van der Waals surface area contributed by atoms with Gasteiger partial charge in [-0.2, -0.15) is 30.7 Å². The van der Waals surface area contributed by atoms with Gasteiger partial charge in [0.2, 0.25) is 11.8 Å². The molecule has 0 radical (unpaired) electrons. The summed E-state index contributed by atoms with van der Waals surface area (Å²) in [5, 5.41) is 0. The van der Waals surface area contributed by atoms with E-state index in [1.807, 2.05) is 0 Å². The number of imide groups is 2. The highest BCUT2D eigenvalue weighted by Gasteiger charge is 2.77. The predicted molar refractivity (Wildman–Crippen MR) is 88.9 cm³/mol. The van der Waals surface area contributed by atoms with Gasteiger partial charge in [-0.25, -0.2) is 9.59 Å². The van der Waals surface area contributed by atoms with Crippen molar-refractivity contribution < 1.29 is 54.6 Å². The predicted octanol–water partition coefficient (Wildman–Crippen LogP) is 3.22. The van der Waals surface area contributed by atoms with E-state index in [0.29, 0.717) is 9.80 Å². The van der Waals surface area contributed by atoms with Gasteiger partial charge in [0.05, 0.1) is 6.10 Å². The molecule has 2 unspecified atom stereocenters. The highest BCUT2D eigenvalue weighted by molar-refractivity contribution is 6.18. The highest BCUT2D eigenvalue weighted by atomic mass is 19.4. The Balaban J connectivity index is 3.09. The maximum Gasteiger partial charge on any atom is 0.460 e. The van der Waals surface area contributed by atoms with E-state index in [1.165, 1.54) is 13.8 Å². The number of hydrogen-bond acceptors (Lipinski definition) is 5. The number of rotatable bonds is 7. The number of halogens is 7. The molecule has 31 heavy (non-hydrogen) atoms. The van der Waals surface area contributed by atoms with Crippen LogP contribution in [0.25, 0.3) is 0 Å². The molecule has 178 valence electrons. The third-order valence-electron chi connectivity index (χ3n) is 5.35. The summed E-state index contributed by atoms with van der Waals surface area (Å²) in [7, 11) is 2.21. The molecule has 0 aliphatic carbocycles. The second-order valence-corrected chi connectivity index (χ2v) is 7.34. The Morgan fingerprint density at radius 1 is 0.968 bits per heavy atom. The zero-order valence-corrected chi connectivity index (χ0v) is 17.2. The van der Waals surface area contributed by atoms with Gasteiger partial charge in [0.25, 0.3) is 0 Å². The zero-order chi connectivity index (χ0) is 24.7. The average Bonchev–Trinajstić information content (AvgIpc) is 2.64. The van der Waals surface area contributed by atoms with Crippen molar-refractivity contribution in [1.29, 1.82) is 0 Å². The second kappa shape index (κ2) is 8.26. The van der Waals surface area contributed by atoms with Crippen LogP contribution in [0.2, 0.25) is 0 Å². The van der Waals surface area contributed by atoms with Crippen molar-refractivity contribution in [2.45, 2.75) is 57.7 Å². The minimum absolute atomic E-state index is 0.156. The molecular weight excluding hydrogens is 445 g/mol. The van der Waals surface area contributed by atoms with Crippen LogP contribution in [0.15, 0.2) is 0 Å². The minimum Gasteiger partial charge on any atom is -0.458 e. The number of hydrogen-bond donors (Lipinski definition) is 0. The number of alkyl halides is 7. The van der Waals surface area contributed by atoms with Crippen molar-refractivity contribution in [3.8, 4) is 0 Å². The fourth-order valence-corrected chi connectivity index (χ4v) is 3.47. The van der Waals surface area contributed by atoms with E-state index in [9.17, 15) is 49.9 Å². The number of ether oxygens (including phenoxy) is 1. The average molecular weight is 466 g/mol. The molecule has 1 rings (SSSR count). The first-order valence-corrected chi connectivity index (χ1v) is 8.94. The van der Waals surface area contributed by atoms with Crippen LogP contribution >= 0.6 is 0 Å².